The fourth-order valence-electron chi connectivity index (χ4n) is 3.23. The Labute approximate surface area is 158 Å². The summed E-state index contributed by atoms with van der Waals surface area (Å²) in [5, 5.41) is 19.8. The van der Waals surface area contributed by atoms with Crippen LogP contribution < -0.4 is 10.9 Å². The van der Waals surface area contributed by atoms with Crippen molar-refractivity contribution in [2.75, 3.05) is 0 Å². The Balaban J connectivity index is 1.64. The highest BCUT2D eigenvalue weighted by atomic mass is 16.4. The molecule has 0 unspecified atom stereocenters. The average Bonchev–Trinajstić information content (AvgIpc) is 3.11. The molecule has 8 nitrogen and oxygen atoms in total. The summed E-state index contributed by atoms with van der Waals surface area (Å²) in [6.45, 7) is 0. The standard InChI is InChI=1S/C20H16N4O4/c25-18-14-7-2-1-6-13(14)17(23-24-18)19(26)22-16(20(27)28)9-11-10-21-15-8-4-3-5-12(11)15/h1-8,10,16,21H,9H2,(H,22,26)(H,24,25)(H,27,28)/t16-/m1/s1. The van der Waals surface area contributed by atoms with Crippen molar-refractivity contribution in [3.8, 4) is 0 Å². The minimum atomic E-state index is -1.16. The molecule has 0 saturated heterocycles. The number of nitrogens with one attached hydrogen (secondary N) is 3. The highest BCUT2D eigenvalue weighted by Gasteiger charge is 2.24. The van der Waals surface area contributed by atoms with Crippen LogP contribution in [0.1, 0.15) is 16.1 Å². The number of H-pyrrole nitrogens is 2. The van der Waals surface area contributed by atoms with Gasteiger partial charge in [0.05, 0.1) is 5.39 Å². The quantitative estimate of drug-likeness (QED) is 0.422. The van der Waals surface area contributed by atoms with E-state index < -0.39 is 23.5 Å². The number of carboxylic acids is 1. The molecule has 4 rings (SSSR count). The molecule has 28 heavy (non-hydrogen) atoms. The molecular formula is C20H16N4O4. The lowest BCUT2D eigenvalue weighted by Gasteiger charge is -2.14. The second-order valence-corrected chi connectivity index (χ2v) is 6.37. The maximum absolute atomic E-state index is 12.7. The molecule has 0 aliphatic carbocycles. The summed E-state index contributed by atoms with van der Waals surface area (Å²) in [4.78, 5) is 39.4. The van der Waals surface area contributed by atoms with Gasteiger partial charge in [-0.1, -0.05) is 36.4 Å². The first-order chi connectivity index (χ1) is 13.5. The van der Waals surface area contributed by atoms with Crippen LogP contribution in [0.25, 0.3) is 21.7 Å². The van der Waals surface area contributed by atoms with Gasteiger partial charge in [-0.05, 0) is 17.7 Å². The first kappa shape index (κ1) is 17.5. The van der Waals surface area contributed by atoms with Crippen LogP contribution in [0, 0.1) is 0 Å². The second kappa shape index (κ2) is 6.99. The molecule has 0 aliphatic rings. The third-order valence-electron chi connectivity index (χ3n) is 4.61. The Bertz CT molecular complexity index is 1260. The molecule has 2 heterocycles. The molecule has 0 radical (unpaired) electrons. The molecule has 0 saturated carbocycles. The summed E-state index contributed by atoms with van der Waals surface area (Å²) in [6, 6.07) is 12.9. The summed E-state index contributed by atoms with van der Waals surface area (Å²) >= 11 is 0. The van der Waals surface area contributed by atoms with Crippen LogP contribution in [0.3, 0.4) is 0 Å². The summed E-state index contributed by atoms with van der Waals surface area (Å²) in [5.41, 5.74) is 1.23. The number of aromatic nitrogens is 3. The van der Waals surface area contributed by atoms with Gasteiger partial charge in [0.2, 0.25) is 0 Å². The smallest absolute Gasteiger partial charge is 0.326 e. The number of carboxylic acid groups (broad SMARTS) is 1. The van der Waals surface area contributed by atoms with Gasteiger partial charge in [-0.3, -0.25) is 9.59 Å². The molecule has 1 amide bonds. The molecule has 140 valence electrons. The molecule has 0 aliphatic heterocycles. The zero-order valence-electron chi connectivity index (χ0n) is 14.6. The highest BCUT2D eigenvalue weighted by Crippen LogP contribution is 2.19. The normalized spacial score (nSPS) is 12.1. The number of nitrogens with zero attached hydrogens (tertiary/aromatic N) is 1. The Morgan fingerprint density at radius 2 is 1.71 bits per heavy atom. The Hall–Kier alpha value is -3.94. The van der Waals surface area contributed by atoms with Crippen LogP contribution in [0.2, 0.25) is 0 Å². The number of aliphatic carboxylic acids is 1. The van der Waals surface area contributed by atoms with Gasteiger partial charge in [-0.2, -0.15) is 5.10 Å². The third kappa shape index (κ3) is 3.11. The van der Waals surface area contributed by atoms with E-state index in [1.807, 2.05) is 24.3 Å². The van der Waals surface area contributed by atoms with E-state index in [-0.39, 0.29) is 12.1 Å². The lowest BCUT2D eigenvalue weighted by Crippen LogP contribution is -2.43. The first-order valence-corrected chi connectivity index (χ1v) is 8.60. The number of para-hydroxylation sites is 1. The monoisotopic (exact) mass is 376 g/mol. The topological polar surface area (TPSA) is 128 Å². The van der Waals surface area contributed by atoms with E-state index in [0.717, 1.165) is 16.5 Å². The van der Waals surface area contributed by atoms with Gasteiger partial charge in [0.15, 0.2) is 5.69 Å². The number of carbonyl (C=O) groups excluding carboxylic acids is 1. The van der Waals surface area contributed by atoms with Crippen LogP contribution in [0.15, 0.2) is 59.5 Å². The van der Waals surface area contributed by atoms with Crippen molar-refractivity contribution in [1.82, 2.24) is 20.5 Å². The zero-order chi connectivity index (χ0) is 19.7. The van der Waals surface area contributed by atoms with Crippen LogP contribution >= 0.6 is 0 Å². The zero-order valence-corrected chi connectivity index (χ0v) is 14.6. The lowest BCUT2D eigenvalue weighted by molar-refractivity contribution is -0.139. The van der Waals surface area contributed by atoms with Gasteiger partial charge in [0.1, 0.15) is 6.04 Å². The minimum absolute atomic E-state index is 0.0274. The van der Waals surface area contributed by atoms with Crippen molar-refractivity contribution in [3.63, 3.8) is 0 Å². The number of benzene rings is 2. The van der Waals surface area contributed by atoms with Gasteiger partial charge in [-0.15, -0.1) is 0 Å². The molecule has 1 atom stereocenters. The van der Waals surface area contributed by atoms with E-state index in [2.05, 4.69) is 20.5 Å². The van der Waals surface area contributed by atoms with Gasteiger partial charge in [-0.25, -0.2) is 9.89 Å². The fraction of sp³-hybridized carbons (Fsp3) is 0.100. The molecule has 8 heteroatoms. The summed E-state index contributed by atoms with van der Waals surface area (Å²) in [5.74, 6) is -1.83. The van der Waals surface area contributed by atoms with Crippen molar-refractivity contribution < 1.29 is 14.7 Å². The van der Waals surface area contributed by atoms with E-state index in [1.54, 1.807) is 30.5 Å². The summed E-state index contributed by atoms with van der Waals surface area (Å²) in [7, 11) is 0. The van der Waals surface area contributed by atoms with Gasteiger partial charge in [0.25, 0.3) is 11.5 Å². The van der Waals surface area contributed by atoms with Crippen LogP contribution in [-0.4, -0.2) is 38.2 Å². The molecule has 4 N–H and O–H groups in total. The van der Waals surface area contributed by atoms with Gasteiger partial charge in [0, 0.05) is 28.9 Å². The largest absolute Gasteiger partial charge is 0.480 e. The van der Waals surface area contributed by atoms with Gasteiger partial charge >= 0.3 is 5.97 Å². The van der Waals surface area contributed by atoms with Crippen molar-refractivity contribution in [1.29, 1.82) is 0 Å². The minimum Gasteiger partial charge on any atom is -0.480 e. The number of hydrogen-bond donors (Lipinski definition) is 4. The predicted octanol–water partition coefficient (Wildman–Crippen LogP) is 1.83. The molecular weight excluding hydrogens is 360 g/mol. The van der Waals surface area contributed by atoms with Crippen molar-refractivity contribution in [3.05, 3.63) is 76.3 Å². The average molecular weight is 376 g/mol. The highest BCUT2D eigenvalue weighted by molar-refractivity contribution is 6.05. The van der Waals surface area contributed by atoms with E-state index in [1.165, 1.54) is 0 Å². The molecule has 4 aromatic rings. The molecule has 0 bridgehead atoms. The summed E-state index contributed by atoms with van der Waals surface area (Å²) < 4.78 is 0. The third-order valence-corrected chi connectivity index (χ3v) is 4.61. The SMILES string of the molecule is O=C(N[C@H](Cc1c[nH]c2ccccc12)C(=O)O)c1n[nH]c(=O)c2ccccc12. The molecule has 0 fully saturated rings. The number of fused-ring (bicyclic) bond motifs is 2. The number of aromatic amines is 2. The molecule has 2 aromatic carbocycles. The summed E-state index contributed by atoms with van der Waals surface area (Å²) in [6.07, 6.45) is 1.84. The Morgan fingerprint density at radius 3 is 2.46 bits per heavy atom. The van der Waals surface area contributed by atoms with Crippen molar-refractivity contribution in [2.45, 2.75) is 12.5 Å². The Morgan fingerprint density at radius 1 is 1.04 bits per heavy atom. The fourth-order valence-corrected chi connectivity index (χ4v) is 3.23. The lowest BCUT2D eigenvalue weighted by atomic mass is 10.0. The maximum Gasteiger partial charge on any atom is 0.326 e. The number of rotatable bonds is 5. The van der Waals surface area contributed by atoms with E-state index >= 15 is 0 Å². The van der Waals surface area contributed by atoms with E-state index in [0.29, 0.717) is 10.8 Å². The number of amides is 1. The van der Waals surface area contributed by atoms with Crippen LogP contribution in [0.4, 0.5) is 0 Å². The first-order valence-electron chi connectivity index (χ1n) is 8.60. The number of hydrogen-bond acceptors (Lipinski definition) is 4. The predicted molar refractivity (Wildman–Crippen MR) is 103 cm³/mol. The Kier molecular flexibility index (Phi) is 4.36. The van der Waals surface area contributed by atoms with Crippen molar-refractivity contribution >= 4 is 33.6 Å². The van der Waals surface area contributed by atoms with Gasteiger partial charge < -0.3 is 15.4 Å². The van der Waals surface area contributed by atoms with E-state index in [9.17, 15) is 19.5 Å². The molecule has 0 spiro atoms. The second-order valence-electron chi connectivity index (χ2n) is 6.37. The van der Waals surface area contributed by atoms with Crippen LogP contribution in [0.5, 0.6) is 0 Å². The van der Waals surface area contributed by atoms with Crippen molar-refractivity contribution in [2.24, 2.45) is 0 Å². The number of carbonyl (C=O) groups is 2. The maximum atomic E-state index is 12.7. The van der Waals surface area contributed by atoms with Crippen LogP contribution in [-0.2, 0) is 11.2 Å². The molecule has 2 aromatic heterocycles. The van der Waals surface area contributed by atoms with E-state index in [4.69, 9.17) is 0 Å².